The van der Waals surface area contributed by atoms with Crippen LogP contribution < -0.4 is 5.32 Å². The summed E-state index contributed by atoms with van der Waals surface area (Å²) >= 11 is 0. The Hall–Kier alpha value is -1.58. The van der Waals surface area contributed by atoms with Crippen LogP contribution in [0.25, 0.3) is 0 Å². The number of nitrogens with one attached hydrogen (secondary N) is 1. The minimum absolute atomic E-state index is 0.229. The van der Waals surface area contributed by atoms with Gasteiger partial charge in [0, 0.05) is 18.9 Å². The topological polar surface area (TPSA) is 62.2 Å². The molecule has 0 saturated heterocycles. The third-order valence-corrected chi connectivity index (χ3v) is 2.33. The highest BCUT2D eigenvalue weighted by atomic mass is 16.4. The Morgan fingerprint density at radius 3 is 2.94 bits per heavy atom. The van der Waals surface area contributed by atoms with Gasteiger partial charge in [0.25, 0.3) is 0 Å². The van der Waals surface area contributed by atoms with Gasteiger partial charge in [-0.1, -0.05) is 13.8 Å². The fraction of sp³-hybridized carbons (Fsp3) is 0.500. The van der Waals surface area contributed by atoms with Crippen molar-refractivity contribution in [2.45, 2.75) is 26.7 Å². The van der Waals surface area contributed by atoms with Crippen molar-refractivity contribution in [2.75, 3.05) is 11.9 Å². The Morgan fingerprint density at radius 1 is 1.56 bits per heavy atom. The van der Waals surface area contributed by atoms with Crippen molar-refractivity contribution in [1.29, 1.82) is 0 Å². The van der Waals surface area contributed by atoms with Crippen molar-refractivity contribution in [1.82, 2.24) is 4.98 Å². The Bertz CT molecular complexity index is 351. The summed E-state index contributed by atoms with van der Waals surface area (Å²) in [6.45, 7) is 5.15. The SMILES string of the molecule is CC(C)CCCNc1ccncc1C(=O)O. The Morgan fingerprint density at radius 2 is 2.31 bits per heavy atom. The van der Waals surface area contributed by atoms with Gasteiger partial charge in [0.15, 0.2) is 0 Å². The molecule has 0 aliphatic heterocycles. The maximum absolute atomic E-state index is 10.9. The van der Waals surface area contributed by atoms with E-state index >= 15 is 0 Å². The monoisotopic (exact) mass is 222 g/mol. The van der Waals surface area contributed by atoms with Gasteiger partial charge in [0.2, 0.25) is 0 Å². The number of aromatic carboxylic acids is 1. The molecule has 1 heterocycles. The first-order valence-corrected chi connectivity index (χ1v) is 5.52. The van der Waals surface area contributed by atoms with Crippen LogP contribution in [0.3, 0.4) is 0 Å². The number of carboxylic acid groups (broad SMARTS) is 1. The molecule has 0 aliphatic carbocycles. The molecule has 2 N–H and O–H groups in total. The van der Waals surface area contributed by atoms with E-state index in [1.54, 1.807) is 12.3 Å². The molecule has 88 valence electrons. The molecule has 0 radical (unpaired) electrons. The largest absolute Gasteiger partial charge is 0.478 e. The van der Waals surface area contributed by atoms with Gasteiger partial charge >= 0.3 is 5.97 Å². The van der Waals surface area contributed by atoms with Crippen LogP contribution in [0, 0.1) is 5.92 Å². The molecule has 0 unspecified atom stereocenters. The zero-order valence-corrected chi connectivity index (χ0v) is 9.73. The molecule has 4 heteroatoms. The van der Waals surface area contributed by atoms with Crippen LogP contribution in [-0.4, -0.2) is 22.6 Å². The lowest BCUT2D eigenvalue weighted by Crippen LogP contribution is -2.08. The fourth-order valence-corrected chi connectivity index (χ4v) is 1.45. The lowest BCUT2D eigenvalue weighted by atomic mass is 10.1. The lowest BCUT2D eigenvalue weighted by molar-refractivity contribution is 0.0697. The van der Waals surface area contributed by atoms with Gasteiger partial charge in [-0.2, -0.15) is 0 Å². The fourth-order valence-electron chi connectivity index (χ4n) is 1.45. The normalized spacial score (nSPS) is 10.4. The van der Waals surface area contributed by atoms with Crippen LogP contribution in [0.5, 0.6) is 0 Å². The van der Waals surface area contributed by atoms with Crippen LogP contribution in [0.15, 0.2) is 18.5 Å². The lowest BCUT2D eigenvalue weighted by Gasteiger charge is -2.09. The first-order valence-electron chi connectivity index (χ1n) is 5.52. The molecule has 0 saturated carbocycles. The molecular weight excluding hydrogens is 204 g/mol. The Kier molecular flexibility index (Phi) is 4.76. The maximum atomic E-state index is 10.9. The van der Waals surface area contributed by atoms with Crippen LogP contribution in [0.1, 0.15) is 37.0 Å². The number of hydrogen-bond donors (Lipinski definition) is 2. The van der Waals surface area contributed by atoms with Crippen molar-refractivity contribution in [3.05, 3.63) is 24.0 Å². The third-order valence-electron chi connectivity index (χ3n) is 2.33. The van der Waals surface area contributed by atoms with Crippen molar-refractivity contribution in [3.8, 4) is 0 Å². The molecular formula is C12H18N2O2. The zero-order valence-electron chi connectivity index (χ0n) is 9.73. The number of anilines is 1. The second kappa shape index (κ2) is 6.10. The standard InChI is InChI=1S/C12H18N2O2/c1-9(2)4-3-6-14-11-5-7-13-8-10(11)12(15)16/h5,7-9H,3-4,6H2,1-2H3,(H,13,14)(H,15,16). The molecule has 0 aromatic carbocycles. The van der Waals surface area contributed by atoms with E-state index in [9.17, 15) is 4.79 Å². The summed E-state index contributed by atoms with van der Waals surface area (Å²) in [5.41, 5.74) is 0.873. The smallest absolute Gasteiger partial charge is 0.339 e. The minimum atomic E-state index is -0.945. The Balaban J connectivity index is 2.50. The second-order valence-corrected chi connectivity index (χ2v) is 4.19. The summed E-state index contributed by atoms with van der Waals surface area (Å²) in [6.07, 6.45) is 5.14. The number of hydrogen-bond acceptors (Lipinski definition) is 3. The van der Waals surface area contributed by atoms with E-state index < -0.39 is 5.97 Å². The van der Waals surface area contributed by atoms with Crippen LogP contribution in [0.2, 0.25) is 0 Å². The number of pyridine rings is 1. The number of carboxylic acids is 1. The van der Waals surface area contributed by atoms with E-state index in [1.807, 2.05) is 0 Å². The Labute approximate surface area is 95.7 Å². The minimum Gasteiger partial charge on any atom is -0.478 e. The average molecular weight is 222 g/mol. The summed E-state index contributed by atoms with van der Waals surface area (Å²) in [5.74, 6) is -0.266. The number of aromatic nitrogens is 1. The molecule has 1 aromatic rings. The van der Waals surface area contributed by atoms with Gasteiger partial charge in [-0.15, -0.1) is 0 Å². The molecule has 0 atom stereocenters. The number of nitrogens with zero attached hydrogens (tertiary/aromatic N) is 1. The van der Waals surface area contributed by atoms with Gasteiger partial charge < -0.3 is 10.4 Å². The van der Waals surface area contributed by atoms with E-state index in [-0.39, 0.29) is 5.56 Å². The molecule has 0 bridgehead atoms. The third kappa shape index (κ3) is 3.88. The van der Waals surface area contributed by atoms with E-state index in [1.165, 1.54) is 6.20 Å². The predicted molar refractivity (Wildman–Crippen MR) is 63.8 cm³/mol. The molecule has 4 nitrogen and oxygen atoms in total. The maximum Gasteiger partial charge on any atom is 0.339 e. The van der Waals surface area contributed by atoms with Crippen LogP contribution in [-0.2, 0) is 0 Å². The van der Waals surface area contributed by atoms with Gasteiger partial charge in [-0.05, 0) is 24.8 Å². The highest BCUT2D eigenvalue weighted by Gasteiger charge is 2.08. The van der Waals surface area contributed by atoms with Gasteiger partial charge in [-0.25, -0.2) is 4.79 Å². The summed E-state index contributed by atoms with van der Waals surface area (Å²) in [7, 11) is 0. The molecule has 0 amide bonds. The van der Waals surface area contributed by atoms with Crippen molar-refractivity contribution in [3.63, 3.8) is 0 Å². The van der Waals surface area contributed by atoms with Gasteiger partial charge in [0.1, 0.15) is 5.56 Å². The van der Waals surface area contributed by atoms with Crippen molar-refractivity contribution in [2.24, 2.45) is 5.92 Å². The van der Waals surface area contributed by atoms with Gasteiger partial charge in [-0.3, -0.25) is 4.98 Å². The van der Waals surface area contributed by atoms with Crippen LogP contribution >= 0.6 is 0 Å². The quantitative estimate of drug-likeness (QED) is 0.726. The molecule has 0 fully saturated rings. The first-order chi connectivity index (χ1) is 7.61. The second-order valence-electron chi connectivity index (χ2n) is 4.19. The van der Waals surface area contributed by atoms with Crippen molar-refractivity contribution >= 4 is 11.7 Å². The van der Waals surface area contributed by atoms with E-state index in [2.05, 4.69) is 24.1 Å². The molecule has 0 aliphatic rings. The van der Waals surface area contributed by atoms with Gasteiger partial charge in [0.05, 0.1) is 5.69 Å². The van der Waals surface area contributed by atoms with E-state index in [4.69, 9.17) is 5.11 Å². The average Bonchev–Trinajstić information content (AvgIpc) is 2.24. The molecule has 16 heavy (non-hydrogen) atoms. The number of carbonyl (C=O) groups is 1. The van der Waals surface area contributed by atoms with E-state index in [0.29, 0.717) is 11.6 Å². The number of rotatable bonds is 6. The van der Waals surface area contributed by atoms with E-state index in [0.717, 1.165) is 19.4 Å². The summed E-state index contributed by atoms with van der Waals surface area (Å²) in [4.78, 5) is 14.7. The molecule has 0 spiro atoms. The van der Waals surface area contributed by atoms with Crippen LogP contribution in [0.4, 0.5) is 5.69 Å². The first kappa shape index (κ1) is 12.5. The molecule has 1 aromatic heterocycles. The predicted octanol–water partition coefficient (Wildman–Crippen LogP) is 2.63. The summed E-state index contributed by atoms with van der Waals surface area (Å²) in [5, 5.41) is 12.1. The summed E-state index contributed by atoms with van der Waals surface area (Å²) in [6, 6.07) is 1.69. The summed E-state index contributed by atoms with van der Waals surface area (Å²) < 4.78 is 0. The van der Waals surface area contributed by atoms with Crippen molar-refractivity contribution < 1.29 is 9.90 Å². The zero-order chi connectivity index (χ0) is 12.0. The molecule has 1 rings (SSSR count). The highest BCUT2D eigenvalue weighted by Crippen LogP contribution is 2.13. The highest BCUT2D eigenvalue weighted by molar-refractivity contribution is 5.93.